The fraction of sp³-hybridized carbons (Fsp3) is 0.143. The second-order valence-corrected chi connectivity index (χ2v) is 6.09. The summed E-state index contributed by atoms with van der Waals surface area (Å²) in [6.07, 6.45) is 1.15. The van der Waals surface area contributed by atoms with E-state index in [1.807, 2.05) is 30.3 Å². The molecule has 0 saturated carbocycles. The molecule has 1 heterocycles. The molecule has 0 spiro atoms. The first kappa shape index (κ1) is 19.8. The molecule has 0 aliphatic carbocycles. The van der Waals surface area contributed by atoms with Crippen molar-refractivity contribution in [1.82, 2.24) is 9.97 Å². The fourth-order valence-electron chi connectivity index (χ4n) is 2.66. The molecule has 1 aromatic heterocycles. The summed E-state index contributed by atoms with van der Waals surface area (Å²) in [5.41, 5.74) is 1.53. The number of carbonyl (C=O) groups excluding carboxylic acids is 1. The minimum absolute atomic E-state index is 0.0922. The van der Waals surface area contributed by atoms with Gasteiger partial charge in [0.1, 0.15) is 17.1 Å². The van der Waals surface area contributed by atoms with E-state index in [1.165, 1.54) is 24.4 Å². The molecule has 2 aromatic carbocycles. The molecule has 0 bridgehead atoms. The van der Waals surface area contributed by atoms with Gasteiger partial charge in [0.25, 0.3) is 0 Å². The number of nitrogens with one attached hydrogen (secondary N) is 1. The van der Waals surface area contributed by atoms with Crippen LogP contribution in [0.3, 0.4) is 0 Å². The number of carboxylic acid groups (broad SMARTS) is 1. The average molecular weight is 393 g/mol. The SMILES string of the molecule is CCOC(=O)c1cnc(-c2ccccc2)nc1Nc1cc(CC(=O)O)ccc1O. The lowest BCUT2D eigenvalue weighted by Crippen LogP contribution is -2.11. The van der Waals surface area contributed by atoms with E-state index in [4.69, 9.17) is 9.84 Å². The van der Waals surface area contributed by atoms with Gasteiger partial charge in [-0.15, -0.1) is 0 Å². The van der Waals surface area contributed by atoms with Crippen molar-refractivity contribution in [2.45, 2.75) is 13.3 Å². The van der Waals surface area contributed by atoms with Crippen molar-refractivity contribution < 1.29 is 24.5 Å². The largest absolute Gasteiger partial charge is 0.506 e. The lowest BCUT2D eigenvalue weighted by molar-refractivity contribution is -0.136. The number of ether oxygens (including phenoxy) is 1. The second-order valence-electron chi connectivity index (χ2n) is 6.09. The minimum atomic E-state index is -0.998. The Morgan fingerprint density at radius 2 is 1.90 bits per heavy atom. The Balaban J connectivity index is 2.03. The van der Waals surface area contributed by atoms with Gasteiger partial charge in [0.05, 0.1) is 18.7 Å². The normalized spacial score (nSPS) is 10.4. The highest BCUT2D eigenvalue weighted by Crippen LogP contribution is 2.30. The molecule has 0 amide bonds. The maximum atomic E-state index is 12.3. The first-order chi connectivity index (χ1) is 14.0. The predicted octanol–water partition coefficient (Wildman–Crippen LogP) is 3.40. The lowest BCUT2D eigenvalue weighted by atomic mass is 10.1. The van der Waals surface area contributed by atoms with Crippen LogP contribution in [0.4, 0.5) is 11.5 Å². The molecule has 3 aromatic rings. The van der Waals surface area contributed by atoms with Crippen molar-refractivity contribution in [1.29, 1.82) is 0 Å². The number of phenols is 1. The van der Waals surface area contributed by atoms with Crippen LogP contribution in [-0.2, 0) is 16.0 Å². The van der Waals surface area contributed by atoms with Gasteiger partial charge in [-0.2, -0.15) is 0 Å². The van der Waals surface area contributed by atoms with E-state index < -0.39 is 11.9 Å². The van der Waals surface area contributed by atoms with E-state index in [9.17, 15) is 14.7 Å². The zero-order valence-electron chi connectivity index (χ0n) is 15.6. The number of hydrogen-bond acceptors (Lipinski definition) is 7. The molecular weight excluding hydrogens is 374 g/mol. The summed E-state index contributed by atoms with van der Waals surface area (Å²) in [5.74, 6) is -1.21. The Bertz CT molecular complexity index is 1040. The van der Waals surface area contributed by atoms with E-state index in [0.717, 1.165) is 5.56 Å². The van der Waals surface area contributed by atoms with Gasteiger partial charge in [-0.05, 0) is 24.6 Å². The molecule has 29 heavy (non-hydrogen) atoms. The van der Waals surface area contributed by atoms with Gasteiger partial charge in [0.15, 0.2) is 5.82 Å². The van der Waals surface area contributed by atoms with Crippen LogP contribution in [0.15, 0.2) is 54.7 Å². The summed E-state index contributed by atoms with van der Waals surface area (Å²) in [7, 11) is 0. The van der Waals surface area contributed by atoms with E-state index in [2.05, 4.69) is 15.3 Å². The number of aromatic nitrogens is 2. The van der Waals surface area contributed by atoms with E-state index >= 15 is 0 Å². The molecule has 0 radical (unpaired) electrons. The molecule has 0 aliphatic rings. The molecule has 0 aliphatic heterocycles. The summed E-state index contributed by atoms with van der Waals surface area (Å²) in [6.45, 7) is 1.86. The zero-order valence-corrected chi connectivity index (χ0v) is 15.6. The average Bonchev–Trinajstić information content (AvgIpc) is 2.71. The predicted molar refractivity (Wildman–Crippen MR) is 106 cm³/mol. The highest BCUT2D eigenvalue weighted by Gasteiger charge is 2.18. The van der Waals surface area contributed by atoms with E-state index in [-0.39, 0.29) is 35.8 Å². The molecule has 3 N–H and O–H groups in total. The van der Waals surface area contributed by atoms with Crippen LogP contribution in [0.2, 0.25) is 0 Å². The van der Waals surface area contributed by atoms with Gasteiger partial charge in [0.2, 0.25) is 0 Å². The zero-order chi connectivity index (χ0) is 20.8. The number of carbonyl (C=O) groups is 2. The Hall–Kier alpha value is -3.94. The highest BCUT2D eigenvalue weighted by molar-refractivity contribution is 5.95. The molecule has 3 rings (SSSR count). The van der Waals surface area contributed by atoms with Crippen molar-refractivity contribution in [2.75, 3.05) is 11.9 Å². The quantitative estimate of drug-likeness (QED) is 0.412. The smallest absolute Gasteiger partial charge is 0.343 e. The van der Waals surface area contributed by atoms with E-state index in [1.54, 1.807) is 6.92 Å². The number of aliphatic carboxylic acids is 1. The van der Waals surface area contributed by atoms with Crippen molar-refractivity contribution in [3.05, 3.63) is 65.9 Å². The van der Waals surface area contributed by atoms with Crippen molar-refractivity contribution >= 4 is 23.4 Å². The van der Waals surface area contributed by atoms with Crippen LogP contribution in [0, 0.1) is 0 Å². The molecule has 0 unspecified atom stereocenters. The van der Waals surface area contributed by atoms with Gasteiger partial charge in [0, 0.05) is 11.8 Å². The maximum absolute atomic E-state index is 12.3. The minimum Gasteiger partial charge on any atom is -0.506 e. The number of benzene rings is 2. The van der Waals surface area contributed by atoms with Gasteiger partial charge in [-0.25, -0.2) is 14.8 Å². The topological polar surface area (TPSA) is 122 Å². The number of hydrogen-bond donors (Lipinski definition) is 3. The molecule has 8 nitrogen and oxygen atoms in total. The third-order valence-corrected chi connectivity index (χ3v) is 3.99. The van der Waals surface area contributed by atoms with Crippen molar-refractivity contribution in [3.8, 4) is 17.1 Å². The lowest BCUT2D eigenvalue weighted by Gasteiger charge is -2.13. The summed E-state index contributed by atoms with van der Waals surface area (Å²) in [6, 6.07) is 13.6. The highest BCUT2D eigenvalue weighted by atomic mass is 16.5. The van der Waals surface area contributed by atoms with Crippen molar-refractivity contribution in [2.24, 2.45) is 0 Å². The molecule has 0 saturated heterocycles. The monoisotopic (exact) mass is 393 g/mol. The third kappa shape index (κ3) is 4.86. The number of anilines is 2. The Kier molecular flexibility index (Phi) is 6.03. The van der Waals surface area contributed by atoms with Crippen LogP contribution in [0.5, 0.6) is 5.75 Å². The fourth-order valence-corrected chi connectivity index (χ4v) is 2.66. The van der Waals surface area contributed by atoms with Crippen LogP contribution >= 0.6 is 0 Å². The maximum Gasteiger partial charge on any atom is 0.343 e. The van der Waals surface area contributed by atoms with Gasteiger partial charge in [-0.1, -0.05) is 36.4 Å². The Morgan fingerprint density at radius 1 is 1.14 bits per heavy atom. The van der Waals surface area contributed by atoms with Crippen LogP contribution in [-0.4, -0.2) is 38.7 Å². The standard InChI is InChI=1S/C21H19N3O5/c1-2-29-21(28)15-12-22-19(14-6-4-3-5-7-14)24-20(15)23-16-10-13(11-18(26)27)8-9-17(16)25/h3-10,12,25H,2,11H2,1H3,(H,26,27)(H,22,23,24). The Labute approximate surface area is 166 Å². The number of rotatable bonds is 7. The third-order valence-electron chi connectivity index (χ3n) is 3.99. The van der Waals surface area contributed by atoms with Crippen LogP contribution in [0.1, 0.15) is 22.8 Å². The Morgan fingerprint density at radius 3 is 2.59 bits per heavy atom. The summed E-state index contributed by atoms with van der Waals surface area (Å²) >= 11 is 0. The summed E-state index contributed by atoms with van der Waals surface area (Å²) in [5, 5.41) is 22.1. The number of carboxylic acids is 1. The molecular formula is C21H19N3O5. The molecule has 148 valence electrons. The van der Waals surface area contributed by atoms with E-state index in [0.29, 0.717) is 11.4 Å². The molecule has 0 fully saturated rings. The molecule has 0 atom stereocenters. The first-order valence-electron chi connectivity index (χ1n) is 8.88. The second kappa shape index (κ2) is 8.83. The number of esters is 1. The van der Waals surface area contributed by atoms with Gasteiger partial charge in [-0.3, -0.25) is 4.79 Å². The summed E-state index contributed by atoms with van der Waals surface area (Å²) in [4.78, 5) is 32.0. The number of phenolic OH excluding ortho intramolecular Hbond substituents is 1. The van der Waals surface area contributed by atoms with Crippen LogP contribution < -0.4 is 5.32 Å². The molecule has 8 heteroatoms. The van der Waals surface area contributed by atoms with Crippen molar-refractivity contribution in [3.63, 3.8) is 0 Å². The van der Waals surface area contributed by atoms with Crippen LogP contribution in [0.25, 0.3) is 11.4 Å². The number of aromatic hydroxyl groups is 1. The van der Waals surface area contributed by atoms with Gasteiger partial charge < -0.3 is 20.3 Å². The first-order valence-corrected chi connectivity index (χ1v) is 8.88. The number of nitrogens with zero attached hydrogens (tertiary/aromatic N) is 2. The van der Waals surface area contributed by atoms with Gasteiger partial charge >= 0.3 is 11.9 Å². The summed E-state index contributed by atoms with van der Waals surface area (Å²) < 4.78 is 5.06.